The molecule has 8 heteroatoms. The predicted octanol–water partition coefficient (Wildman–Crippen LogP) is 1.97. The van der Waals surface area contributed by atoms with Gasteiger partial charge in [-0.15, -0.1) is 11.8 Å². The third kappa shape index (κ3) is 4.56. The number of aliphatic hydroxyl groups is 4. The van der Waals surface area contributed by atoms with Crippen molar-refractivity contribution in [3.05, 3.63) is 64.4 Å². The van der Waals surface area contributed by atoms with Crippen molar-refractivity contribution >= 4 is 23.4 Å². The second kappa shape index (κ2) is 8.77. The van der Waals surface area contributed by atoms with Crippen molar-refractivity contribution in [3.8, 4) is 5.75 Å². The molecule has 0 saturated carbocycles. The molecular weight excluding hydrogens is 395 g/mol. The first-order valence-corrected chi connectivity index (χ1v) is 9.71. The van der Waals surface area contributed by atoms with E-state index in [4.69, 9.17) is 16.3 Å². The Morgan fingerprint density at radius 3 is 2.44 bits per heavy atom. The molecule has 0 aliphatic carbocycles. The van der Waals surface area contributed by atoms with Crippen LogP contribution in [-0.4, -0.2) is 56.0 Å². The summed E-state index contributed by atoms with van der Waals surface area (Å²) in [5.41, 5.74) is 0.160. The molecule has 0 bridgehead atoms. The molecule has 1 heterocycles. The van der Waals surface area contributed by atoms with Gasteiger partial charge >= 0.3 is 0 Å². The van der Waals surface area contributed by atoms with E-state index >= 15 is 0 Å². The molecule has 2 aromatic carbocycles. The van der Waals surface area contributed by atoms with E-state index in [1.807, 2.05) is 0 Å². The molecule has 5 unspecified atom stereocenters. The molecule has 27 heavy (non-hydrogen) atoms. The summed E-state index contributed by atoms with van der Waals surface area (Å²) in [7, 11) is 0. The van der Waals surface area contributed by atoms with Crippen LogP contribution in [-0.2, 0) is 6.42 Å². The van der Waals surface area contributed by atoms with Crippen LogP contribution in [0.4, 0.5) is 4.39 Å². The quantitative estimate of drug-likeness (QED) is 0.598. The lowest BCUT2D eigenvalue weighted by atomic mass is 10.0. The minimum absolute atomic E-state index is 0.227. The molecule has 4 N–H and O–H groups in total. The molecular formula is C19H20ClFO5S. The zero-order chi connectivity index (χ0) is 19.6. The fraction of sp³-hybridized carbons (Fsp3) is 0.368. The van der Waals surface area contributed by atoms with Crippen molar-refractivity contribution in [1.29, 1.82) is 0 Å². The second-order valence-electron chi connectivity index (χ2n) is 6.34. The normalized spacial score (nSPS) is 28.1. The summed E-state index contributed by atoms with van der Waals surface area (Å²) >= 11 is 7.10. The first kappa shape index (κ1) is 20.4. The average Bonchev–Trinajstić information content (AvgIpc) is 2.66. The maximum Gasteiger partial charge on any atom is 0.173 e. The van der Waals surface area contributed by atoms with Gasteiger partial charge in [-0.3, -0.25) is 0 Å². The molecule has 5 nitrogen and oxygen atoms in total. The van der Waals surface area contributed by atoms with E-state index in [-0.39, 0.29) is 18.8 Å². The molecule has 1 aliphatic heterocycles. The monoisotopic (exact) mass is 414 g/mol. The highest BCUT2D eigenvalue weighted by molar-refractivity contribution is 8.00. The van der Waals surface area contributed by atoms with Crippen molar-refractivity contribution in [2.45, 2.75) is 35.4 Å². The third-order valence-corrected chi connectivity index (χ3v) is 6.11. The molecule has 0 radical (unpaired) electrons. The van der Waals surface area contributed by atoms with Crippen LogP contribution in [0.5, 0.6) is 5.75 Å². The molecule has 0 spiro atoms. The summed E-state index contributed by atoms with van der Waals surface area (Å²) in [6.45, 7) is -0.377. The van der Waals surface area contributed by atoms with Crippen LogP contribution in [0.15, 0.2) is 42.5 Å². The van der Waals surface area contributed by atoms with E-state index in [9.17, 15) is 24.8 Å². The standard InChI is InChI=1S/C19H20ClFO5S/c20-12-5-6-14(11(8-12)7-10-3-1-2-4-13(10)21)26-19-18(25)17(24)16(23)15(9-22)27-19/h1-6,8,15-19,22-25H,7,9H2. The van der Waals surface area contributed by atoms with Crippen LogP contribution in [0.2, 0.25) is 5.02 Å². The van der Waals surface area contributed by atoms with Crippen LogP contribution >= 0.6 is 23.4 Å². The lowest BCUT2D eigenvalue weighted by Crippen LogP contribution is -2.55. The third-order valence-electron chi connectivity index (χ3n) is 4.45. The minimum atomic E-state index is -1.45. The van der Waals surface area contributed by atoms with Gasteiger partial charge in [-0.05, 0) is 29.8 Å². The van der Waals surface area contributed by atoms with E-state index in [1.165, 1.54) is 6.07 Å². The molecule has 1 saturated heterocycles. The number of aliphatic hydroxyl groups excluding tert-OH is 4. The first-order valence-electron chi connectivity index (χ1n) is 8.39. The summed E-state index contributed by atoms with van der Waals surface area (Å²) in [5.74, 6) is 0.0221. The van der Waals surface area contributed by atoms with E-state index in [0.717, 1.165) is 11.8 Å². The Hall–Kier alpha value is -1.35. The van der Waals surface area contributed by atoms with Gasteiger partial charge in [0.2, 0.25) is 0 Å². The molecule has 1 aliphatic rings. The lowest BCUT2D eigenvalue weighted by Gasteiger charge is -2.39. The van der Waals surface area contributed by atoms with Crippen LogP contribution in [0.1, 0.15) is 11.1 Å². The molecule has 1 fully saturated rings. The van der Waals surface area contributed by atoms with E-state index < -0.39 is 29.0 Å². The maximum atomic E-state index is 14.0. The summed E-state index contributed by atoms with van der Waals surface area (Å²) in [6.07, 6.45) is -3.84. The Balaban J connectivity index is 1.85. The summed E-state index contributed by atoms with van der Waals surface area (Å²) in [5, 5.41) is 39.3. The van der Waals surface area contributed by atoms with Crippen LogP contribution in [0.3, 0.4) is 0 Å². The number of ether oxygens (including phenoxy) is 1. The summed E-state index contributed by atoms with van der Waals surface area (Å²) in [6, 6.07) is 11.2. The zero-order valence-corrected chi connectivity index (χ0v) is 15.8. The highest BCUT2D eigenvalue weighted by atomic mass is 35.5. The fourth-order valence-corrected chi connectivity index (χ4v) is 4.37. The van der Waals surface area contributed by atoms with E-state index in [0.29, 0.717) is 21.9 Å². The van der Waals surface area contributed by atoms with Gasteiger partial charge in [-0.25, -0.2) is 4.39 Å². The summed E-state index contributed by atoms with van der Waals surface area (Å²) in [4.78, 5) is 0. The molecule has 146 valence electrons. The Morgan fingerprint density at radius 2 is 1.74 bits per heavy atom. The number of hydrogen-bond acceptors (Lipinski definition) is 6. The lowest BCUT2D eigenvalue weighted by molar-refractivity contribution is -0.0910. The van der Waals surface area contributed by atoms with Gasteiger partial charge in [0.15, 0.2) is 5.44 Å². The van der Waals surface area contributed by atoms with Crippen molar-refractivity contribution in [1.82, 2.24) is 0 Å². The summed E-state index contributed by atoms with van der Waals surface area (Å²) < 4.78 is 19.9. The zero-order valence-electron chi connectivity index (χ0n) is 14.2. The van der Waals surface area contributed by atoms with Crippen molar-refractivity contribution in [2.24, 2.45) is 0 Å². The molecule has 5 atom stereocenters. The highest BCUT2D eigenvalue weighted by Gasteiger charge is 2.44. The largest absolute Gasteiger partial charge is 0.477 e. The Bertz CT molecular complexity index is 790. The maximum absolute atomic E-state index is 14.0. The van der Waals surface area contributed by atoms with Gasteiger partial charge in [0, 0.05) is 17.0 Å². The Labute approximate surface area is 165 Å². The molecule has 2 aromatic rings. The topological polar surface area (TPSA) is 90.2 Å². The van der Waals surface area contributed by atoms with Gasteiger partial charge in [0.1, 0.15) is 23.8 Å². The van der Waals surface area contributed by atoms with Gasteiger partial charge < -0.3 is 25.2 Å². The van der Waals surface area contributed by atoms with Crippen LogP contribution in [0, 0.1) is 5.82 Å². The molecule has 3 rings (SSSR count). The van der Waals surface area contributed by atoms with Gasteiger partial charge in [0.25, 0.3) is 0 Å². The number of halogens is 2. The number of rotatable bonds is 5. The van der Waals surface area contributed by atoms with Gasteiger partial charge in [0.05, 0.1) is 18.0 Å². The first-order chi connectivity index (χ1) is 12.9. The highest BCUT2D eigenvalue weighted by Crippen LogP contribution is 2.36. The number of hydrogen-bond donors (Lipinski definition) is 4. The second-order valence-corrected chi connectivity index (χ2v) is 8.11. The predicted molar refractivity (Wildman–Crippen MR) is 102 cm³/mol. The van der Waals surface area contributed by atoms with E-state index in [2.05, 4.69) is 0 Å². The minimum Gasteiger partial charge on any atom is -0.477 e. The Kier molecular flexibility index (Phi) is 6.62. The van der Waals surface area contributed by atoms with Crippen LogP contribution < -0.4 is 4.74 Å². The number of benzene rings is 2. The van der Waals surface area contributed by atoms with Gasteiger partial charge in [-0.2, -0.15) is 0 Å². The molecule has 0 aromatic heterocycles. The fourth-order valence-electron chi connectivity index (χ4n) is 2.94. The smallest absolute Gasteiger partial charge is 0.173 e. The van der Waals surface area contributed by atoms with Crippen molar-refractivity contribution < 1.29 is 29.6 Å². The van der Waals surface area contributed by atoms with Crippen molar-refractivity contribution in [2.75, 3.05) is 6.61 Å². The van der Waals surface area contributed by atoms with E-state index in [1.54, 1.807) is 36.4 Å². The van der Waals surface area contributed by atoms with Crippen LogP contribution in [0.25, 0.3) is 0 Å². The van der Waals surface area contributed by atoms with Crippen molar-refractivity contribution in [3.63, 3.8) is 0 Å². The number of thioether (sulfide) groups is 1. The molecule has 0 amide bonds. The Morgan fingerprint density at radius 1 is 1.00 bits per heavy atom. The van der Waals surface area contributed by atoms with Gasteiger partial charge in [-0.1, -0.05) is 29.8 Å². The average molecular weight is 415 g/mol. The SMILES string of the molecule is OCC1SC(Oc2ccc(Cl)cc2Cc2ccccc2F)C(O)C(O)C1O.